The molecule has 0 bridgehead atoms. The smallest absolute Gasteiger partial charge is 0.419 e. The highest BCUT2D eigenvalue weighted by atomic mass is 16.6. The van der Waals surface area contributed by atoms with E-state index in [9.17, 15) is 14.4 Å². The number of carbonyl (C=O) groups is 3. The van der Waals surface area contributed by atoms with Gasteiger partial charge in [-0.05, 0) is 26.3 Å². The summed E-state index contributed by atoms with van der Waals surface area (Å²) in [6.45, 7) is 5.13. The maximum Gasteiger partial charge on any atom is 0.419 e. The summed E-state index contributed by atoms with van der Waals surface area (Å²) in [5, 5.41) is 2.45. The van der Waals surface area contributed by atoms with Crippen LogP contribution in [0.4, 0.5) is 9.59 Å². The van der Waals surface area contributed by atoms with E-state index in [1.54, 1.807) is 20.8 Å². The molecule has 1 unspecified atom stereocenters. The average molecular weight is 320 g/mol. The van der Waals surface area contributed by atoms with Crippen molar-refractivity contribution in [1.29, 1.82) is 0 Å². The van der Waals surface area contributed by atoms with Crippen molar-refractivity contribution in [2.45, 2.75) is 39.0 Å². The third kappa shape index (κ3) is 4.45. The van der Waals surface area contributed by atoms with Gasteiger partial charge in [-0.15, -0.1) is 0 Å². The average Bonchev–Trinajstić information content (AvgIpc) is 2.86. The van der Waals surface area contributed by atoms with Crippen LogP contribution < -0.4 is 5.32 Å². The van der Waals surface area contributed by atoms with Crippen LogP contribution in [0.5, 0.6) is 0 Å². The standard InChI is InChI=1S/C16H20N2O5/c1-16(2,3)23-15(21)18-12(9-17-14(18)20)13(19)22-10-11-7-5-4-6-8-11/h4-8,12H,9-10H2,1-3H3,(H,17,20). The Morgan fingerprint density at radius 2 is 1.91 bits per heavy atom. The van der Waals surface area contributed by atoms with Crippen molar-refractivity contribution in [3.05, 3.63) is 35.9 Å². The minimum absolute atomic E-state index is 0.00565. The zero-order valence-corrected chi connectivity index (χ0v) is 13.4. The summed E-state index contributed by atoms with van der Waals surface area (Å²) >= 11 is 0. The van der Waals surface area contributed by atoms with E-state index in [-0.39, 0.29) is 13.2 Å². The van der Waals surface area contributed by atoms with Gasteiger partial charge in [0.2, 0.25) is 0 Å². The van der Waals surface area contributed by atoms with Gasteiger partial charge in [0.1, 0.15) is 12.2 Å². The van der Waals surface area contributed by atoms with E-state index >= 15 is 0 Å². The Labute approximate surface area is 134 Å². The van der Waals surface area contributed by atoms with Gasteiger partial charge in [0.05, 0.1) is 6.54 Å². The Kier molecular flexibility index (Phi) is 4.88. The predicted molar refractivity (Wildman–Crippen MR) is 81.5 cm³/mol. The van der Waals surface area contributed by atoms with Crippen LogP contribution in [0.2, 0.25) is 0 Å². The molecule has 0 saturated carbocycles. The lowest BCUT2D eigenvalue weighted by molar-refractivity contribution is -0.149. The van der Waals surface area contributed by atoms with Gasteiger partial charge in [-0.2, -0.15) is 0 Å². The van der Waals surface area contributed by atoms with Gasteiger partial charge >= 0.3 is 18.1 Å². The van der Waals surface area contributed by atoms with E-state index < -0.39 is 29.7 Å². The summed E-state index contributed by atoms with van der Waals surface area (Å²) in [4.78, 5) is 36.8. The lowest BCUT2D eigenvalue weighted by Crippen LogP contribution is -2.46. The molecule has 1 aromatic rings. The van der Waals surface area contributed by atoms with Crippen molar-refractivity contribution >= 4 is 18.1 Å². The number of amides is 3. The molecular formula is C16H20N2O5. The second-order valence-electron chi connectivity index (χ2n) is 6.15. The van der Waals surface area contributed by atoms with E-state index in [4.69, 9.17) is 9.47 Å². The number of ether oxygens (including phenoxy) is 2. The lowest BCUT2D eigenvalue weighted by Gasteiger charge is -2.25. The van der Waals surface area contributed by atoms with Gasteiger partial charge in [0.25, 0.3) is 0 Å². The molecule has 0 radical (unpaired) electrons. The molecule has 1 saturated heterocycles. The molecule has 0 aliphatic carbocycles. The Bertz CT molecular complexity index is 594. The number of esters is 1. The second kappa shape index (κ2) is 6.68. The quantitative estimate of drug-likeness (QED) is 0.862. The first kappa shape index (κ1) is 16.8. The molecule has 124 valence electrons. The highest BCUT2D eigenvalue weighted by Gasteiger charge is 2.43. The molecular weight excluding hydrogens is 300 g/mol. The molecule has 1 aromatic carbocycles. The van der Waals surface area contributed by atoms with E-state index in [1.807, 2.05) is 30.3 Å². The van der Waals surface area contributed by atoms with Gasteiger partial charge in [-0.1, -0.05) is 30.3 Å². The Balaban J connectivity index is 2.00. The Morgan fingerprint density at radius 3 is 2.52 bits per heavy atom. The summed E-state index contributed by atoms with van der Waals surface area (Å²) in [7, 11) is 0. The second-order valence-corrected chi connectivity index (χ2v) is 6.15. The van der Waals surface area contributed by atoms with Crippen molar-refractivity contribution in [2.24, 2.45) is 0 Å². The van der Waals surface area contributed by atoms with Gasteiger partial charge in [-0.25, -0.2) is 19.3 Å². The van der Waals surface area contributed by atoms with Crippen molar-refractivity contribution < 1.29 is 23.9 Å². The van der Waals surface area contributed by atoms with Crippen LogP contribution in [0.25, 0.3) is 0 Å². The molecule has 7 nitrogen and oxygen atoms in total. The SMILES string of the molecule is CC(C)(C)OC(=O)N1C(=O)NCC1C(=O)OCc1ccccc1. The van der Waals surface area contributed by atoms with Crippen LogP contribution >= 0.6 is 0 Å². The summed E-state index contributed by atoms with van der Waals surface area (Å²) in [6, 6.07) is 7.46. The van der Waals surface area contributed by atoms with Crippen LogP contribution in [-0.2, 0) is 20.9 Å². The molecule has 1 N–H and O–H groups in total. The van der Waals surface area contributed by atoms with Gasteiger partial charge in [0, 0.05) is 0 Å². The Morgan fingerprint density at radius 1 is 1.26 bits per heavy atom. The van der Waals surface area contributed by atoms with Crippen molar-refractivity contribution in [1.82, 2.24) is 10.2 Å². The minimum Gasteiger partial charge on any atom is -0.459 e. The van der Waals surface area contributed by atoms with Crippen LogP contribution in [0, 0.1) is 0 Å². The van der Waals surface area contributed by atoms with E-state index in [0.717, 1.165) is 10.5 Å². The number of hydrogen-bond acceptors (Lipinski definition) is 5. The Hall–Kier alpha value is -2.57. The van der Waals surface area contributed by atoms with E-state index in [2.05, 4.69) is 5.32 Å². The highest BCUT2D eigenvalue weighted by Crippen LogP contribution is 2.16. The molecule has 2 rings (SSSR count). The zero-order chi connectivity index (χ0) is 17.0. The molecule has 0 spiro atoms. The highest BCUT2D eigenvalue weighted by molar-refractivity contribution is 5.98. The summed E-state index contributed by atoms with van der Waals surface area (Å²) < 4.78 is 10.3. The number of nitrogens with one attached hydrogen (secondary N) is 1. The predicted octanol–water partition coefficient (Wildman–Crippen LogP) is 2.06. The van der Waals surface area contributed by atoms with Crippen molar-refractivity contribution in [3.8, 4) is 0 Å². The van der Waals surface area contributed by atoms with Gasteiger partial charge < -0.3 is 14.8 Å². The summed E-state index contributed by atoms with van der Waals surface area (Å²) in [6.07, 6.45) is -0.867. The first-order valence-electron chi connectivity index (χ1n) is 7.28. The maximum atomic E-state index is 12.2. The summed E-state index contributed by atoms with van der Waals surface area (Å²) in [5.41, 5.74) is 0.0558. The van der Waals surface area contributed by atoms with Gasteiger partial charge in [-0.3, -0.25) is 0 Å². The molecule has 1 heterocycles. The number of urea groups is 1. The molecule has 1 aliphatic heterocycles. The van der Waals surface area contributed by atoms with E-state index in [0.29, 0.717) is 0 Å². The number of nitrogens with zero attached hydrogens (tertiary/aromatic N) is 1. The molecule has 1 fully saturated rings. The first-order chi connectivity index (χ1) is 10.8. The number of rotatable bonds is 3. The van der Waals surface area contributed by atoms with Crippen LogP contribution in [0.1, 0.15) is 26.3 Å². The lowest BCUT2D eigenvalue weighted by atomic mass is 10.2. The molecule has 23 heavy (non-hydrogen) atoms. The fraction of sp³-hybridized carbons (Fsp3) is 0.438. The topological polar surface area (TPSA) is 84.9 Å². The van der Waals surface area contributed by atoms with Crippen molar-refractivity contribution in [3.63, 3.8) is 0 Å². The molecule has 1 atom stereocenters. The minimum atomic E-state index is -1.03. The maximum absolute atomic E-state index is 12.2. The third-order valence-electron chi connectivity index (χ3n) is 3.06. The van der Waals surface area contributed by atoms with Crippen LogP contribution in [0.3, 0.4) is 0 Å². The van der Waals surface area contributed by atoms with E-state index in [1.165, 1.54) is 0 Å². The number of carbonyl (C=O) groups excluding carboxylic acids is 3. The number of hydrogen-bond donors (Lipinski definition) is 1. The summed E-state index contributed by atoms with van der Waals surface area (Å²) in [5.74, 6) is -0.655. The fourth-order valence-electron chi connectivity index (χ4n) is 2.04. The first-order valence-corrected chi connectivity index (χ1v) is 7.28. The molecule has 1 aliphatic rings. The number of imide groups is 1. The van der Waals surface area contributed by atoms with Crippen LogP contribution in [0.15, 0.2) is 30.3 Å². The molecule has 7 heteroatoms. The molecule has 3 amide bonds. The molecule has 0 aromatic heterocycles. The third-order valence-corrected chi connectivity index (χ3v) is 3.06. The zero-order valence-electron chi connectivity index (χ0n) is 13.4. The van der Waals surface area contributed by atoms with Crippen molar-refractivity contribution in [2.75, 3.05) is 6.54 Å². The largest absolute Gasteiger partial charge is 0.459 e. The van der Waals surface area contributed by atoms with Crippen LogP contribution in [-0.4, -0.2) is 41.2 Å². The normalized spacial score (nSPS) is 17.6. The van der Waals surface area contributed by atoms with Gasteiger partial charge in [0.15, 0.2) is 6.04 Å². The fourth-order valence-corrected chi connectivity index (χ4v) is 2.04. The monoisotopic (exact) mass is 320 g/mol. The number of benzene rings is 1.